The SMILES string of the molecule is CC(C)(C)[Si](C)(C)O[C@@H]1[C@@H](O[Si](C)(C)C(C)(C)C)[C@@H](O)O[C@H](CI)[C@@H]1O[Si](C)(C)C(C)(C)C. The third-order valence-electron chi connectivity index (χ3n) is 8.47. The standard InChI is InChI=1S/C24H53IO5Si3/c1-22(2,3)31(10,11)28-18-17(16-25)27-21(26)20(30-33(14,15)24(7,8)9)19(18)29-32(12,13)23(4,5)6/h17-21,26H,16H2,1-15H3/t17-,18+,19+,20-,21+/m1/s1. The molecule has 5 nitrogen and oxygen atoms in total. The molecule has 0 aromatic heterocycles. The van der Waals surface area contributed by atoms with E-state index in [2.05, 4.69) is 124 Å². The normalized spacial score (nSPS) is 28.8. The number of halogens is 1. The molecule has 33 heavy (non-hydrogen) atoms. The van der Waals surface area contributed by atoms with Gasteiger partial charge in [0.15, 0.2) is 31.2 Å². The van der Waals surface area contributed by atoms with Gasteiger partial charge in [0, 0.05) is 4.43 Å². The van der Waals surface area contributed by atoms with Gasteiger partial charge in [-0.1, -0.05) is 84.9 Å². The molecule has 1 N–H and O–H groups in total. The summed E-state index contributed by atoms with van der Waals surface area (Å²) in [6, 6.07) is 0. The summed E-state index contributed by atoms with van der Waals surface area (Å²) in [7, 11) is -6.53. The Morgan fingerprint density at radius 3 is 1.24 bits per heavy atom. The summed E-state index contributed by atoms with van der Waals surface area (Å²) in [4.78, 5) is 0. The van der Waals surface area contributed by atoms with Gasteiger partial charge in [0.2, 0.25) is 0 Å². The van der Waals surface area contributed by atoms with E-state index in [0.717, 1.165) is 4.43 Å². The van der Waals surface area contributed by atoms with Crippen LogP contribution in [-0.2, 0) is 18.0 Å². The summed E-state index contributed by atoms with van der Waals surface area (Å²) in [5.41, 5.74) is 0. The molecule has 0 aromatic rings. The van der Waals surface area contributed by atoms with Crippen molar-refractivity contribution in [2.45, 2.75) is 147 Å². The molecule has 0 aromatic carbocycles. The molecule has 0 unspecified atom stereocenters. The van der Waals surface area contributed by atoms with Crippen LogP contribution in [0.5, 0.6) is 0 Å². The molecule has 0 bridgehead atoms. The Labute approximate surface area is 221 Å². The predicted molar refractivity (Wildman–Crippen MR) is 156 cm³/mol. The molecule has 1 fully saturated rings. The fourth-order valence-electron chi connectivity index (χ4n) is 2.97. The van der Waals surface area contributed by atoms with Crippen LogP contribution >= 0.6 is 22.6 Å². The number of aliphatic hydroxyl groups is 1. The van der Waals surface area contributed by atoms with Gasteiger partial charge >= 0.3 is 0 Å². The molecule has 0 amide bonds. The minimum atomic E-state index is -2.20. The average molecular weight is 633 g/mol. The lowest BCUT2D eigenvalue weighted by atomic mass is 10.0. The Bertz CT molecular complexity index is 650. The first-order valence-electron chi connectivity index (χ1n) is 12.3. The van der Waals surface area contributed by atoms with E-state index >= 15 is 0 Å². The van der Waals surface area contributed by atoms with Crippen molar-refractivity contribution < 1.29 is 23.1 Å². The summed E-state index contributed by atoms with van der Waals surface area (Å²) in [6.45, 7) is 33.7. The van der Waals surface area contributed by atoms with Crippen LogP contribution in [0.4, 0.5) is 0 Å². The van der Waals surface area contributed by atoms with Crippen molar-refractivity contribution in [1.82, 2.24) is 0 Å². The van der Waals surface area contributed by atoms with Gasteiger partial charge in [-0.05, 0) is 54.4 Å². The molecule has 1 aliphatic rings. The molecular weight excluding hydrogens is 579 g/mol. The number of hydrogen-bond acceptors (Lipinski definition) is 5. The van der Waals surface area contributed by atoms with E-state index in [9.17, 15) is 5.11 Å². The van der Waals surface area contributed by atoms with Crippen molar-refractivity contribution in [3.63, 3.8) is 0 Å². The Morgan fingerprint density at radius 2 is 0.939 bits per heavy atom. The van der Waals surface area contributed by atoms with Gasteiger partial charge in [0.25, 0.3) is 0 Å². The first-order chi connectivity index (χ1) is 14.4. The van der Waals surface area contributed by atoms with Crippen molar-refractivity contribution in [1.29, 1.82) is 0 Å². The maximum absolute atomic E-state index is 11.2. The number of aliphatic hydroxyl groups excluding tert-OH is 1. The zero-order valence-electron chi connectivity index (χ0n) is 24.1. The topological polar surface area (TPSA) is 57.2 Å². The van der Waals surface area contributed by atoms with Crippen molar-refractivity contribution in [3.8, 4) is 0 Å². The highest BCUT2D eigenvalue weighted by molar-refractivity contribution is 14.1. The summed E-state index contributed by atoms with van der Waals surface area (Å²) in [5.74, 6) is 0. The Balaban J connectivity index is 3.58. The molecule has 198 valence electrons. The molecule has 0 spiro atoms. The van der Waals surface area contributed by atoms with E-state index in [-0.39, 0.29) is 33.4 Å². The Kier molecular flexibility index (Phi) is 10.3. The van der Waals surface area contributed by atoms with Gasteiger partial charge in [0.05, 0.1) is 12.2 Å². The maximum atomic E-state index is 11.2. The summed E-state index contributed by atoms with van der Waals surface area (Å²) < 4.78 is 27.9. The largest absolute Gasteiger partial charge is 0.409 e. The van der Waals surface area contributed by atoms with E-state index in [4.69, 9.17) is 18.0 Å². The van der Waals surface area contributed by atoms with Crippen LogP contribution in [0.15, 0.2) is 0 Å². The van der Waals surface area contributed by atoms with Crippen molar-refractivity contribution >= 4 is 47.5 Å². The van der Waals surface area contributed by atoms with E-state index in [0.29, 0.717) is 0 Å². The van der Waals surface area contributed by atoms with Crippen LogP contribution in [-0.4, -0.2) is 65.2 Å². The quantitative estimate of drug-likeness (QED) is 0.181. The third kappa shape index (κ3) is 7.59. The number of alkyl halides is 1. The van der Waals surface area contributed by atoms with Crippen LogP contribution in [0.25, 0.3) is 0 Å². The Morgan fingerprint density at radius 1 is 0.636 bits per heavy atom. The summed E-state index contributed by atoms with van der Waals surface area (Å²) in [6.07, 6.45) is -2.52. The molecule has 0 radical (unpaired) electrons. The first kappa shape index (κ1) is 32.2. The lowest BCUT2D eigenvalue weighted by molar-refractivity contribution is -0.266. The zero-order valence-corrected chi connectivity index (χ0v) is 29.2. The first-order valence-corrected chi connectivity index (χ1v) is 22.6. The van der Waals surface area contributed by atoms with Gasteiger partial charge in [0.1, 0.15) is 12.2 Å². The lowest BCUT2D eigenvalue weighted by Crippen LogP contribution is -2.67. The second-order valence-corrected chi connectivity index (χ2v) is 29.4. The van der Waals surface area contributed by atoms with Gasteiger partial charge in [-0.3, -0.25) is 0 Å². The van der Waals surface area contributed by atoms with Crippen LogP contribution in [0, 0.1) is 0 Å². The molecule has 0 aliphatic carbocycles. The molecule has 0 saturated carbocycles. The number of ether oxygens (including phenoxy) is 1. The van der Waals surface area contributed by atoms with Crippen molar-refractivity contribution in [2.75, 3.05) is 4.43 Å². The van der Waals surface area contributed by atoms with E-state index < -0.39 is 37.3 Å². The minimum absolute atomic E-state index is 0.00411. The molecule has 1 heterocycles. The van der Waals surface area contributed by atoms with Crippen LogP contribution < -0.4 is 0 Å². The molecular formula is C24H53IO5Si3. The number of rotatable bonds is 7. The highest BCUT2D eigenvalue weighted by Gasteiger charge is 2.55. The maximum Gasteiger partial charge on any atom is 0.192 e. The van der Waals surface area contributed by atoms with E-state index in [1.807, 2.05) is 0 Å². The molecule has 1 aliphatic heterocycles. The third-order valence-corrected chi connectivity index (χ3v) is 22.8. The predicted octanol–water partition coefficient (Wildman–Crippen LogP) is 7.31. The summed E-state index contributed by atoms with van der Waals surface area (Å²) in [5, 5.41) is 11.3. The van der Waals surface area contributed by atoms with E-state index in [1.54, 1.807) is 0 Å². The molecule has 9 heteroatoms. The highest BCUT2D eigenvalue weighted by atomic mass is 127. The summed E-state index contributed by atoms with van der Waals surface area (Å²) >= 11 is 2.34. The van der Waals surface area contributed by atoms with Crippen molar-refractivity contribution in [3.05, 3.63) is 0 Å². The van der Waals surface area contributed by atoms with Crippen LogP contribution in [0.2, 0.25) is 54.4 Å². The van der Waals surface area contributed by atoms with Gasteiger partial charge in [-0.2, -0.15) is 0 Å². The second-order valence-electron chi connectivity index (χ2n) is 14.2. The monoisotopic (exact) mass is 632 g/mol. The highest BCUT2D eigenvalue weighted by Crippen LogP contribution is 2.45. The minimum Gasteiger partial charge on any atom is -0.409 e. The second kappa shape index (κ2) is 10.5. The van der Waals surface area contributed by atoms with Crippen LogP contribution in [0.3, 0.4) is 0 Å². The van der Waals surface area contributed by atoms with E-state index in [1.165, 1.54) is 0 Å². The zero-order chi connectivity index (χ0) is 26.4. The lowest BCUT2D eigenvalue weighted by Gasteiger charge is -2.53. The van der Waals surface area contributed by atoms with Gasteiger partial charge < -0.3 is 23.1 Å². The van der Waals surface area contributed by atoms with Gasteiger partial charge in [-0.25, -0.2) is 0 Å². The molecule has 5 atom stereocenters. The fraction of sp³-hybridized carbons (Fsp3) is 1.00. The van der Waals surface area contributed by atoms with Gasteiger partial charge in [-0.15, -0.1) is 0 Å². The van der Waals surface area contributed by atoms with Crippen molar-refractivity contribution in [2.24, 2.45) is 0 Å². The molecule has 1 rings (SSSR count). The van der Waals surface area contributed by atoms with Crippen LogP contribution in [0.1, 0.15) is 62.3 Å². The smallest absolute Gasteiger partial charge is 0.192 e. The fourth-order valence-corrected chi connectivity index (χ4v) is 7.59. The molecule has 1 saturated heterocycles. The Hall–Kier alpha value is 1.18. The number of hydrogen-bond donors (Lipinski definition) is 1. The average Bonchev–Trinajstić information content (AvgIpc) is 2.56.